The van der Waals surface area contributed by atoms with Crippen LogP contribution in [-0.4, -0.2) is 65.1 Å². The fourth-order valence-corrected chi connectivity index (χ4v) is 5.77. The van der Waals surface area contributed by atoms with Gasteiger partial charge in [-0.3, -0.25) is 9.69 Å². The van der Waals surface area contributed by atoms with Crippen molar-refractivity contribution in [3.63, 3.8) is 0 Å². The number of carbonyl (C=O) groups is 1. The Morgan fingerprint density at radius 1 is 1.48 bits per heavy atom. The maximum atomic E-state index is 12.4. The van der Waals surface area contributed by atoms with E-state index in [2.05, 4.69) is 30.8 Å². The van der Waals surface area contributed by atoms with Gasteiger partial charge in [-0.25, -0.2) is 4.99 Å². The Kier molecular flexibility index (Phi) is 2.48. The molecule has 7 unspecified atom stereocenters. The maximum Gasteiger partial charge on any atom is 0.185 e. The molecular weight excluding hydrogens is 292 g/mol. The number of piperidine rings is 1. The van der Waals surface area contributed by atoms with Crippen LogP contribution in [0.2, 0.25) is 0 Å². The molecule has 0 radical (unpaired) electrons. The van der Waals surface area contributed by atoms with Crippen LogP contribution in [0.25, 0.3) is 0 Å². The number of carbonyl (C=O) groups excluding carboxylic acids is 1. The summed E-state index contributed by atoms with van der Waals surface area (Å²) in [6.07, 6.45) is 6.58. The van der Waals surface area contributed by atoms with Crippen molar-refractivity contribution in [2.24, 2.45) is 16.3 Å². The Bertz CT molecular complexity index is 735. The summed E-state index contributed by atoms with van der Waals surface area (Å²) in [5.41, 5.74) is 0.349. The standard InChI is InChI=1S/C18H20N2O3/c1-17-13-9-10-3-4-11(21)15-14(10)18(17,6-8-20(13)2)16(23-15)12(22)5-7-19-17/h3-5,9,12-16,22H,6,8H2,1-2H3. The van der Waals surface area contributed by atoms with Crippen LogP contribution in [0.5, 0.6) is 0 Å². The van der Waals surface area contributed by atoms with Crippen LogP contribution in [0.3, 0.4) is 0 Å². The molecule has 120 valence electrons. The van der Waals surface area contributed by atoms with Crippen LogP contribution in [0.1, 0.15) is 13.3 Å². The van der Waals surface area contributed by atoms with E-state index in [0.29, 0.717) is 0 Å². The van der Waals surface area contributed by atoms with E-state index in [9.17, 15) is 9.90 Å². The molecule has 1 spiro atoms. The Morgan fingerprint density at radius 2 is 2.30 bits per heavy atom. The summed E-state index contributed by atoms with van der Waals surface area (Å²) >= 11 is 0. The molecule has 7 atom stereocenters. The zero-order valence-electron chi connectivity index (χ0n) is 13.3. The highest BCUT2D eigenvalue weighted by Crippen LogP contribution is 2.65. The monoisotopic (exact) mass is 312 g/mol. The molecule has 2 fully saturated rings. The number of allylic oxidation sites excluding steroid dienone is 1. The summed E-state index contributed by atoms with van der Waals surface area (Å²) in [6, 6.07) is 0.122. The molecule has 5 nitrogen and oxygen atoms in total. The number of aliphatic hydroxyl groups excluding tert-OH is 1. The van der Waals surface area contributed by atoms with Crippen molar-refractivity contribution in [3.05, 3.63) is 29.9 Å². The topological polar surface area (TPSA) is 62.1 Å². The summed E-state index contributed by atoms with van der Waals surface area (Å²) in [6.45, 7) is 3.05. The fraction of sp³-hybridized carbons (Fsp3) is 0.611. The number of hydrogen-bond acceptors (Lipinski definition) is 5. The zero-order chi connectivity index (χ0) is 16.0. The number of nitrogens with zero attached hydrogens (tertiary/aromatic N) is 2. The minimum Gasteiger partial charge on any atom is -0.386 e. The van der Waals surface area contributed by atoms with Gasteiger partial charge in [0.2, 0.25) is 0 Å². The third-order valence-corrected chi connectivity index (χ3v) is 6.81. The smallest absolute Gasteiger partial charge is 0.185 e. The number of ketones is 1. The van der Waals surface area contributed by atoms with E-state index < -0.39 is 23.9 Å². The number of likely N-dealkylation sites (N-methyl/N-ethyl adjacent to an activating group) is 1. The minimum absolute atomic E-state index is 0.00878. The van der Waals surface area contributed by atoms with E-state index in [1.807, 2.05) is 6.08 Å². The first-order chi connectivity index (χ1) is 11.0. The van der Waals surface area contributed by atoms with Crippen molar-refractivity contribution < 1.29 is 14.6 Å². The van der Waals surface area contributed by atoms with Gasteiger partial charge < -0.3 is 9.84 Å². The van der Waals surface area contributed by atoms with Crippen LogP contribution >= 0.6 is 0 Å². The first-order valence-corrected chi connectivity index (χ1v) is 8.27. The second-order valence-electron chi connectivity index (χ2n) is 7.62. The van der Waals surface area contributed by atoms with Gasteiger partial charge >= 0.3 is 0 Å². The third kappa shape index (κ3) is 1.37. The van der Waals surface area contributed by atoms with Gasteiger partial charge in [-0.2, -0.15) is 0 Å². The Balaban J connectivity index is 1.84. The maximum absolute atomic E-state index is 12.4. The van der Waals surface area contributed by atoms with Crippen molar-refractivity contribution in [3.8, 4) is 0 Å². The summed E-state index contributed by atoms with van der Waals surface area (Å²) in [5, 5.41) is 10.6. The van der Waals surface area contributed by atoms with Crippen LogP contribution in [-0.2, 0) is 9.53 Å². The van der Waals surface area contributed by atoms with Gasteiger partial charge in [0.05, 0.1) is 17.7 Å². The lowest BCUT2D eigenvalue weighted by Crippen LogP contribution is -2.70. The molecule has 0 saturated carbocycles. The molecule has 23 heavy (non-hydrogen) atoms. The largest absolute Gasteiger partial charge is 0.386 e. The molecule has 5 rings (SSSR count). The number of ether oxygens (including phenoxy) is 1. The Hall–Kier alpha value is -1.52. The molecule has 5 heteroatoms. The minimum atomic E-state index is -0.776. The van der Waals surface area contributed by atoms with Crippen LogP contribution in [0.15, 0.2) is 34.9 Å². The molecule has 0 aromatic carbocycles. The molecule has 5 aliphatic rings. The van der Waals surface area contributed by atoms with Crippen LogP contribution < -0.4 is 0 Å². The number of aliphatic hydroxyl groups is 1. The molecular formula is C18H20N2O3. The van der Waals surface area contributed by atoms with E-state index in [4.69, 9.17) is 9.73 Å². The van der Waals surface area contributed by atoms with Crippen molar-refractivity contribution in [2.45, 2.75) is 43.2 Å². The first-order valence-electron chi connectivity index (χ1n) is 8.27. The molecule has 2 saturated heterocycles. The van der Waals surface area contributed by atoms with Gasteiger partial charge in [-0.1, -0.05) is 12.2 Å². The van der Waals surface area contributed by atoms with Gasteiger partial charge in [-0.15, -0.1) is 0 Å². The fourth-order valence-electron chi connectivity index (χ4n) is 5.77. The van der Waals surface area contributed by atoms with Crippen molar-refractivity contribution in [1.82, 2.24) is 4.90 Å². The molecule has 0 aromatic rings. The molecule has 0 amide bonds. The Morgan fingerprint density at radius 3 is 3.13 bits per heavy atom. The van der Waals surface area contributed by atoms with Gasteiger partial charge in [-0.05, 0) is 44.5 Å². The van der Waals surface area contributed by atoms with Gasteiger partial charge in [0.25, 0.3) is 0 Å². The van der Waals surface area contributed by atoms with Crippen molar-refractivity contribution in [1.29, 1.82) is 0 Å². The highest BCUT2D eigenvalue weighted by Gasteiger charge is 2.73. The average molecular weight is 312 g/mol. The second-order valence-corrected chi connectivity index (χ2v) is 7.62. The highest BCUT2D eigenvalue weighted by atomic mass is 16.5. The number of aliphatic imine (C=N–C) groups is 1. The SMILES string of the molecule is CN1CCC23C4OC5C(=O)C=CC(=CC1C2(C)N=C=CC4O)C53. The van der Waals surface area contributed by atoms with Crippen molar-refractivity contribution in [2.75, 3.05) is 13.6 Å². The number of likely N-dealkylation sites (tertiary alicyclic amines) is 1. The van der Waals surface area contributed by atoms with Crippen molar-refractivity contribution >= 4 is 11.7 Å². The van der Waals surface area contributed by atoms with Crippen LogP contribution in [0, 0.1) is 11.3 Å². The van der Waals surface area contributed by atoms with Gasteiger partial charge in [0, 0.05) is 17.4 Å². The lowest BCUT2D eigenvalue weighted by Gasteiger charge is -2.61. The molecule has 1 N–H and O–H groups in total. The summed E-state index contributed by atoms with van der Waals surface area (Å²) < 4.78 is 6.19. The number of hydrogen-bond donors (Lipinski definition) is 1. The summed E-state index contributed by atoms with van der Waals surface area (Å²) in [5.74, 6) is 2.94. The molecule has 2 aliphatic carbocycles. The lowest BCUT2D eigenvalue weighted by atomic mass is 9.48. The van der Waals surface area contributed by atoms with Gasteiger partial charge in [0.1, 0.15) is 12.2 Å². The quantitative estimate of drug-likeness (QED) is 0.707. The first kappa shape index (κ1) is 13.9. The van der Waals surface area contributed by atoms with E-state index in [0.717, 1.165) is 18.5 Å². The summed E-state index contributed by atoms with van der Waals surface area (Å²) in [4.78, 5) is 19.5. The molecule has 3 heterocycles. The summed E-state index contributed by atoms with van der Waals surface area (Å²) in [7, 11) is 2.11. The molecule has 3 aliphatic heterocycles. The molecule has 0 aromatic heterocycles. The number of rotatable bonds is 0. The third-order valence-electron chi connectivity index (χ3n) is 6.81. The highest BCUT2D eigenvalue weighted by molar-refractivity contribution is 5.96. The van der Waals surface area contributed by atoms with E-state index in [1.54, 1.807) is 12.2 Å². The lowest BCUT2D eigenvalue weighted by molar-refractivity contribution is -0.130. The molecule has 2 bridgehead atoms. The Labute approximate surface area is 135 Å². The predicted octanol–water partition coefficient (Wildman–Crippen LogP) is 0.498. The zero-order valence-corrected chi connectivity index (χ0v) is 13.3. The van der Waals surface area contributed by atoms with E-state index in [1.165, 1.54) is 0 Å². The van der Waals surface area contributed by atoms with Gasteiger partial charge in [0.15, 0.2) is 5.78 Å². The van der Waals surface area contributed by atoms with E-state index >= 15 is 0 Å². The van der Waals surface area contributed by atoms with Crippen LogP contribution in [0.4, 0.5) is 0 Å². The second kappa shape index (κ2) is 4.11. The average Bonchev–Trinajstić information content (AvgIpc) is 2.81. The normalized spacial score (nSPS) is 53.1. The predicted molar refractivity (Wildman–Crippen MR) is 84.3 cm³/mol. The van der Waals surface area contributed by atoms with E-state index in [-0.39, 0.29) is 23.2 Å².